The minimum atomic E-state index is -0.261. The first-order chi connectivity index (χ1) is 8.74. The molecule has 0 spiro atoms. The van der Waals surface area contributed by atoms with Gasteiger partial charge in [0.2, 0.25) is 0 Å². The third-order valence-electron chi connectivity index (χ3n) is 2.96. The van der Waals surface area contributed by atoms with Crippen LogP contribution in [0.3, 0.4) is 0 Å². The smallest absolute Gasteiger partial charge is 0.147 e. The number of ether oxygens (including phenoxy) is 1. The first-order valence-electron chi connectivity index (χ1n) is 6.19. The van der Waals surface area contributed by atoms with E-state index in [4.69, 9.17) is 4.74 Å². The van der Waals surface area contributed by atoms with Gasteiger partial charge in [0.25, 0.3) is 0 Å². The molecule has 1 fully saturated rings. The molecular formula is C14H17FO2S. The lowest BCUT2D eigenvalue weighted by atomic mass is 10.1. The molecule has 0 N–H and O–H groups in total. The van der Waals surface area contributed by atoms with E-state index in [9.17, 15) is 9.18 Å². The van der Waals surface area contributed by atoms with E-state index in [1.807, 2.05) is 0 Å². The Morgan fingerprint density at radius 2 is 1.94 bits per heavy atom. The lowest BCUT2D eigenvalue weighted by Crippen LogP contribution is -2.19. The summed E-state index contributed by atoms with van der Waals surface area (Å²) >= 11 is 1.72. The summed E-state index contributed by atoms with van der Waals surface area (Å²) in [5.74, 6) is 0.489. The molecule has 18 heavy (non-hydrogen) atoms. The van der Waals surface area contributed by atoms with E-state index in [1.54, 1.807) is 23.9 Å². The van der Waals surface area contributed by atoms with Crippen molar-refractivity contribution < 1.29 is 13.9 Å². The number of carbonyl (C=O) groups is 1. The van der Waals surface area contributed by atoms with Crippen molar-refractivity contribution in [3.05, 3.63) is 35.6 Å². The van der Waals surface area contributed by atoms with Gasteiger partial charge in [-0.15, -0.1) is 0 Å². The van der Waals surface area contributed by atoms with E-state index in [2.05, 4.69) is 0 Å². The Balaban J connectivity index is 1.73. The first kappa shape index (κ1) is 13.6. The average Bonchev–Trinajstić information content (AvgIpc) is 2.40. The topological polar surface area (TPSA) is 26.3 Å². The van der Waals surface area contributed by atoms with Crippen molar-refractivity contribution in [1.82, 2.24) is 0 Å². The van der Waals surface area contributed by atoms with Crippen LogP contribution in [0.2, 0.25) is 0 Å². The van der Waals surface area contributed by atoms with Gasteiger partial charge in [0.1, 0.15) is 11.6 Å². The summed E-state index contributed by atoms with van der Waals surface area (Å²) in [5, 5.41) is 0.552. The summed E-state index contributed by atoms with van der Waals surface area (Å²) < 4.78 is 18.0. The number of hydrogen-bond donors (Lipinski definition) is 0. The van der Waals surface area contributed by atoms with Crippen molar-refractivity contribution in [3.63, 3.8) is 0 Å². The molecule has 0 saturated carbocycles. The number of ketones is 1. The highest BCUT2D eigenvalue weighted by molar-refractivity contribution is 8.00. The summed E-state index contributed by atoms with van der Waals surface area (Å²) in [6.45, 7) is 1.62. The van der Waals surface area contributed by atoms with E-state index in [-0.39, 0.29) is 11.6 Å². The highest BCUT2D eigenvalue weighted by atomic mass is 32.2. The summed E-state index contributed by atoms with van der Waals surface area (Å²) in [6, 6.07) is 6.14. The van der Waals surface area contributed by atoms with Gasteiger partial charge in [-0.1, -0.05) is 12.1 Å². The van der Waals surface area contributed by atoms with E-state index in [0.29, 0.717) is 17.4 Å². The van der Waals surface area contributed by atoms with Gasteiger partial charge in [-0.2, -0.15) is 11.8 Å². The number of halogens is 1. The third kappa shape index (κ3) is 4.42. The largest absolute Gasteiger partial charge is 0.381 e. The zero-order chi connectivity index (χ0) is 12.8. The van der Waals surface area contributed by atoms with Gasteiger partial charge in [-0.05, 0) is 30.5 Å². The summed E-state index contributed by atoms with van der Waals surface area (Å²) in [4.78, 5) is 11.8. The van der Waals surface area contributed by atoms with Crippen LogP contribution in [0.15, 0.2) is 24.3 Å². The Bertz CT molecular complexity index is 385. The van der Waals surface area contributed by atoms with Crippen LogP contribution < -0.4 is 0 Å². The molecule has 2 nitrogen and oxygen atoms in total. The molecule has 0 atom stereocenters. The fourth-order valence-electron chi connectivity index (χ4n) is 1.93. The second kappa shape index (κ2) is 6.90. The average molecular weight is 268 g/mol. The fraction of sp³-hybridized carbons (Fsp3) is 0.500. The summed E-state index contributed by atoms with van der Waals surface area (Å²) in [6.07, 6.45) is 2.47. The quantitative estimate of drug-likeness (QED) is 0.821. The van der Waals surface area contributed by atoms with Gasteiger partial charge in [-0.3, -0.25) is 4.79 Å². The Morgan fingerprint density at radius 1 is 1.28 bits per heavy atom. The highest BCUT2D eigenvalue weighted by Crippen LogP contribution is 2.22. The number of rotatable bonds is 5. The molecule has 2 rings (SSSR count). The van der Waals surface area contributed by atoms with Gasteiger partial charge in [-0.25, -0.2) is 4.39 Å². The Kier molecular flexibility index (Phi) is 5.20. The van der Waals surface area contributed by atoms with Crippen molar-refractivity contribution in [1.29, 1.82) is 0 Å². The lowest BCUT2D eigenvalue weighted by molar-refractivity contribution is -0.116. The van der Waals surface area contributed by atoms with Crippen molar-refractivity contribution in [3.8, 4) is 0 Å². The van der Waals surface area contributed by atoms with Crippen molar-refractivity contribution >= 4 is 17.5 Å². The number of thioether (sulfide) groups is 1. The molecule has 0 bridgehead atoms. The second-order valence-electron chi connectivity index (χ2n) is 4.46. The van der Waals surface area contributed by atoms with Crippen molar-refractivity contribution in [2.45, 2.75) is 24.5 Å². The Hall–Kier alpha value is -0.870. The fourth-order valence-corrected chi connectivity index (χ4v) is 2.98. The Labute approximate surface area is 111 Å². The number of Topliss-reactive ketones (excluding diaryl/α,β-unsaturated/α-hetero) is 1. The highest BCUT2D eigenvalue weighted by Gasteiger charge is 2.15. The third-order valence-corrected chi connectivity index (χ3v) is 4.39. The molecule has 1 heterocycles. The molecule has 0 unspecified atom stereocenters. The predicted octanol–water partition coefficient (Wildman–Crippen LogP) is 2.85. The van der Waals surface area contributed by atoms with Crippen LogP contribution in [0.4, 0.5) is 4.39 Å². The summed E-state index contributed by atoms with van der Waals surface area (Å²) in [5.41, 5.74) is 0.883. The van der Waals surface area contributed by atoms with Crippen LogP contribution in [0.25, 0.3) is 0 Å². The van der Waals surface area contributed by atoms with Crippen LogP contribution >= 0.6 is 11.8 Å². The molecule has 0 amide bonds. The number of benzene rings is 1. The maximum absolute atomic E-state index is 12.7. The lowest BCUT2D eigenvalue weighted by Gasteiger charge is -2.21. The first-order valence-corrected chi connectivity index (χ1v) is 7.24. The number of carbonyl (C=O) groups excluding carboxylic acids is 1. The molecule has 98 valence electrons. The molecule has 4 heteroatoms. The van der Waals surface area contributed by atoms with E-state index in [1.165, 1.54) is 12.1 Å². The van der Waals surface area contributed by atoms with Gasteiger partial charge in [0.05, 0.1) is 5.75 Å². The zero-order valence-corrected chi connectivity index (χ0v) is 11.0. The second-order valence-corrected chi connectivity index (χ2v) is 5.75. The zero-order valence-electron chi connectivity index (χ0n) is 10.2. The van der Waals surface area contributed by atoms with Gasteiger partial charge in [0.15, 0.2) is 0 Å². The van der Waals surface area contributed by atoms with Gasteiger partial charge >= 0.3 is 0 Å². The van der Waals surface area contributed by atoms with Crippen molar-refractivity contribution in [2.75, 3.05) is 19.0 Å². The molecule has 0 aliphatic carbocycles. The molecule has 1 saturated heterocycles. The number of hydrogen-bond acceptors (Lipinski definition) is 3. The van der Waals surface area contributed by atoms with E-state index < -0.39 is 0 Å². The normalized spacial score (nSPS) is 16.7. The molecule has 0 aromatic heterocycles. The van der Waals surface area contributed by atoms with Crippen molar-refractivity contribution in [2.24, 2.45) is 0 Å². The maximum Gasteiger partial charge on any atom is 0.147 e. The minimum Gasteiger partial charge on any atom is -0.381 e. The van der Waals surface area contributed by atoms with Crippen LogP contribution in [0, 0.1) is 5.82 Å². The molecule has 0 radical (unpaired) electrons. The van der Waals surface area contributed by atoms with Gasteiger partial charge in [0, 0.05) is 24.9 Å². The maximum atomic E-state index is 12.7. The molecule has 1 aliphatic heterocycles. The molecule has 1 aromatic carbocycles. The monoisotopic (exact) mass is 268 g/mol. The molecular weight excluding hydrogens is 251 g/mol. The standard InChI is InChI=1S/C14H17FO2S/c15-12-3-1-11(2-4-12)9-13(16)10-18-14-5-7-17-8-6-14/h1-4,14H,5-10H2. The molecule has 1 aliphatic rings. The Morgan fingerprint density at radius 3 is 2.61 bits per heavy atom. The van der Waals surface area contributed by atoms with Crippen LogP contribution in [-0.4, -0.2) is 30.0 Å². The molecule has 1 aromatic rings. The van der Waals surface area contributed by atoms with Crippen LogP contribution in [0.1, 0.15) is 18.4 Å². The minimum absolute atomic E-state index is 0.207. The predicted molar refractivity (Wildman–Crippen MR) is 71.4 cm³/mol. The van der Waals surface area contributed by atoms with Gasteiger partial charge < -0.3 is 4.74 Å². The van der Waals surface area contributed by atoms with E-state index in [0.717, 1.165) is 31.6 Å². The SMILES string of the molecule is O=C(CSC1CCOCC1)Cc1ccc(F)cc1. The summed E-state index contributed by atoms with van der Waals surface area (Å²) in [7, 11) is 0. The van der Waals surface area contributed by atoms with E-state index >= 15 is 0 Å². The van der Waals surface area contributed by atoms with Crippen LogP contribution in [-0.2, 0) is 16.0 Å². The van der Waals surface area contributed by atoms with Crippen LogP contribution in [0.5, 0.6) is 0 Å².